The van der Waals surface area contributed by atoms with Crippen molar-refractivity contribution in [3.05, 3.63) is 86.0 Å². The van der Waals surface area contributed by atoms with E-state index in [9.17, 15) is 4.79 Å². The molecule has 0 amide bonds. The van der Waals surface area contributed by atoms with Crippen molar-refractivity contribution in [2.24, 2.45) is 0 Å². The minimum atomic E-state index is 0.0925. The van der Waals surface area contributed by atoms with Crippen LogP contribution in [0.4, 0.5) is 0 Å². The zero-order valence-electron chi connectivity index (χ0n) is 18.0. The largest absolute Gasteiger partial charge is 0.268 e. The number of thiophene rings is 1. The highest BCUT2D eigenvalue weighted by Crippen LogP contribution is 2.35. The van der Waals surface area contributed by atoms with Crippen LogP contribution in [-0.2, 0) is 19.3 Å². The summed E-state index contributed by atoms with van der Waals surface area (Å²) < 4.78 is 1.85. The third-order valence-corrected chi connectivity index (χ3v) is 8.30. The van der Waals surface area contributed by atoms with Crippen LogP contribution in [0.1, 0.15) is 40.0 Å². The maximum atomic E-state index is 13.8. The van der Waals surface area contributed by atoms with E-state index in [0.29, 0.717) is 0 Å². The van der Waals surface area contributed by atoms with Gasteiger partial charge in [-0.15, -0.1) is 11.3 Å². The molecule has 2 heterocycles. The number of thioether (sulfide) groups is 1. The number of aryl methyl sites for hydroxylation is 5. The number of aromatic nitrogens is 2. The lowest BCUT2D eigenvalue weighted by Gasteiger charge is -2.14. The van der Waals surface area contributed by atoms with Crippen molar-refractivity contribution in [1.29, 1.82) is 0 Å². The van der Waals surface area contributed by atoms with Crippen LogP contribution in [0.3, 0.4) is 0 Å². The molecule has 0 spiro atoms. The first-order valence-corrected chi connectivity index (χ1v) is 12.7. The zero-order chi connectivity index (χ0) is 21.4. The summed E-state index contributed by atoms with van der Waals surface area (Å²) in [7, 11) is 0. The summed E-state index contributed by atoms with van der Waals surface area (Å²) in [5.74, 6) is 0.887. The van der Waals surface area contributed by atoms with Crippen LogP contribution in [0.15, 0.2) is 58.5 Å². The lowest BCUT2D eigenvalue weighted by Crippen LogP contribution is -2.22. The summed E-state index contributed by atoms with van der Waals surface area (Å²) >= 11 is 3.41. The van der Waals surface area contributed by atoms with Crippen molar-refractivity contribution in [1.82, 2.24) is 9.55 Å². The second-order valence-electron chi connectivity index (χ2n) is 8.28. The Labute approximate surface area is 191 Å². The van der Waals surface area contributed by atoms with E-state index >= 15 is 0 Å². The lowest BCUT2D eigenvalue weighted by atomic mass is 9.97. The van der Waals surface area contributed by atoms with E-state index in [1.165, 1.54) is 33.6 Å². The molecular weight excluding hydrogens is 420 g/mol. The molecule has 0 atom stereocenters. The molecule has 0 saturated carbocycles. The molecule has 158 valence electrons. The Kier molecular flexibility index (Phi) is 5.72. The van der Waals surface area contributed by atoms with Crippen LogP contribution < -0.4 is 5.56 Å². The number of nitrogens with zero attached hydrogens (tertiary/aromatic N) is 2. The van der Waals surface area contributed by atoms with Gasteiger partial charge in [0, 0.05) is 10.6 Å². The van der Waals surface area contributed by atoms with Crippen LogP contribution in [0.5, 0.6) is 0 Å². The maximum Gasteiger partial charge on any atom is 0.267 e. The van der Waals surface area contributed by atoms with E-state index in [1.54, 1.807) is 23.1 Å². The lowest BCUT2D eigenvalue weighted by molar-refractivity contribution is 0.699. The average molecular weight is 447 g/mol. The standard InChI is InChI=1S/C26H26N2OS2/c1-17-12-13-20(16-18(17)2)28-25(29)23-21-10-6-7-11-22(21)31-24(23)27-26(28)30-15-14-19-8-4-3-5-9-19/h3-5,8-9,12-13,16H,6-7,10-11,14-15H2,1-2H3. The predicted octanol–water partition coefficient (Wildman–Crippen LogP) is 6.28. The zero-order valence-corrected chi connectivity index (χ0v) is 19.6. The molecule has 1 aliphatic rings. The van der Waals surface area contributed by atoms with Crippen LogP contribution in [0.25, 0.3) is 15.9 Å². The van der Waals surface area contributed by atoms with Gasteiger partial charge in [0.25, 0.3) is 5.56 Å². The molecule has 2 aromatic carbocycles. The van der Waals surface area contributed by atoms with Gasteiger partial charge in [-0.2, -0.15) is 0 Å². The van der Waals surface area contributed by atoms with Gasteiger partial charge in [-0.25, -0.2) is 4.98 Å². The highest BCUT2D eigenvalue weighted by Gasteiger charge is 2.23. The normalized spacial score (nSPS) is 13.5. The summed E-state index contributed by atoms with van der Waals surface area (Å²) in [6.45, 7) is 4.21. The van der Waals surface area contributed by atoms with Crippen molar-refractivity contribution in [2.75, 3.05) is 5.75 Å². The summed E-state index contributed by atoms with van der Waals surface area (Å²) in [6, 6.07) is 16.8. The fourth-order valence-corrected chi connectivity index (χ4v) is 6.58. The quantitative estimate of drug-likeness (QED) is 0.267. The summed E-state index contributed by atoms with van der Waals surface area (Å²) in [5.41, 5.74) is 5.99. The molecule has 5 rings (SSSR count). The van der Waals surface area contributed by atoms with Gasteiger partial charge in [0.1, 0.15) is 4.83 Å². The Balaban J connectivity index is 1.61. The van der Waals surface area contributed by atoms with Gasteiger partial charge in [0.2, 0.25) is 0 Å². The second kappa shape index (κ2) is 8.64. The van der Waals surface area contributed by atoms with Crippen molar-refractivity contribution in [3.8, 4) is 5.69 Å². The number of fused-ring (bicyclic) bond motifs is 3. The third kappa shape index (κ3) is 3.97. The SMILES string of the molecule is Cc1ccc(-n2c(SCCc3ccccc3)nc3sc4c(c3c2=O)CCCC4)cc1C. The Hall–Kier alpha value is -2.37. The monoisotopic (exact) mass is 446 g/mol. The van der Waals surface area contributed by atoms with Crippen LogP contribution in [-0.4, -0.2) is 15.3 Å². The second-order valence-corrected chi connectivity index (χ2v) is 10.4. The van der Waals surface area contributed by atoms with Crippen molar-refractivity contribution >= 4 is 33.3 Å². The number of hydrogen-bond acceptors (Lipinski definition) is 4. The van der Waals surface area contributed by atoms with E-state index in [1.807, 2.05) is 10.6 Å². The Morgan fingerprint density at radius 2 is 1.84 bits per heavy atom. The molecule has 0 N–H and O–H groups in total. The minimum Gasteiger partial charge on any atom is -0.268 e. The van der Waals surface area contributed by atoms with Crippen molar-refractivity contribution < 1.29 is 0 Å². The molecule has 0 fully saturated rings. The molecule has 0 unspecified atom stereocenters. The highest BCUT2D eigenvalue weighted by molar-refractivity contribution is 7.99. The van der Waals surface area contributed by atoms with Crippen molar-refractivity contribution in [2.45, 2.75) is 51.1 Å². The van der Waals surface area contributed by atoms with Gasteiger partial charge in [-0.1, -0.05) is 48.2 Å². The third-order valence-electron chi connectivity index (χ3n) is 6.17. The number of rotatable bonds is 5. The van der Waals surface area contributed by atoms with E-state index in [-0.39, 0.29) is 5.56 Å². The van der Waals surface area contributed by atoms with E-state index < -0.39 is 0 Å². The first-order valence-electron chi connectivity index (χ1n) is 10.9. The van der Waals surface area contributed by atoms with Gasteiger partial charge in [-0.05, 0) is 80.3 Å². The fraction of sp³-hybridized carbons (Fsp3) is 0.308. The van der Waals surface area contributed by atoms with Gasteiger partial charge >= 0.3 is 0 Å². The average Bonchev–Trinajstić information content (AvgIpc) is 3.15. The van der Waals surface area contributed by atoms with Crippen LogP contribution in [0.2, 0.25) is 0 Å². The van der Waals surface area contributed by atoms with Gasteiger partial charge < -0.3 is 0 Å². The first kappa shape index (κ1) is 20.5. The molecule has 4 aromatic rings. The van der Waals surface area contributed by atoms with E-state index in [0.717, 1.165) is 52.5 Å². The summed E-state index contributed by atoms with van der Waals surface area (Å²) in [4.78, 5) is 21.2. The van der Waals surface area contributed by atoms with Gasteiger partial charge in [0.05, 0.1) is 11.1 Å². The molecule has 0 radical (unpaired) electrons. The molecule has 3 nitrogen and oxygen atoms in total. The Morgan fingerprint density at radius 1 is 1.03 bits per heavy atom. The molecule has 31 heavy (non-hydrogen) atoms. The van der Waals surface area contributed by atoms with Crippen LogP contribution >= 0.6 is 23.1 Å². The summed E-state index contributed by atoms with van der Waals surface area (Å²) in [5, 5.41) is 1.65. The molecule has 0 aliphatic heterocycles. The maximum absolute atomic E-state index is 13.8. The van der Waals surface area contributed by atoms with Gasteiger partial charge in [0.15, 0.2) is 5.16 Å². The van der Waals surface area contributed by atoms with E-state index in [4.69, 9.17) is 4.98 Å². The Morgan fingerprint density at radius 3 is 2.65 bits per heavy atom. The minimum absolute atomic E-state index is 0.0925. The molecular formula is C26H26N2OS2. The molecule has 0 bridgehead atoms. The Bertz CT molecular complexity index is 1300. The molecule has 1 aliphatic carbocycles. The smallest absolute Gasteiger partial charge is 0.267 e. The summed E-state index contributed by atoms with van der Waals surface area (Å²) in [6.07, 6.45) is 5.40. The van der Waals surface area contributed by atoms with Crippen LogP contribution in [0, 0.1) is 13.8 Å². The molecule has 0 saturated heterocycles. The molecule has 2 aromatic heterocycles. The number of benzene rings is 2. The van der Waals surface area contributed by atoms with Crippen molar-refractivity contribution in [3.63, 3.8) is 0 Å². The van der Waals surface area contributed by atoms with Gasteiger partial charge in [-0.3, -0.25) is 9.36 Å². The van der Waals surface area contributed by atoms with E-state index in [2.05, 4.69) is 56.3 Å². The number of hydrogen-bond donors (Lipinski definition) is 0. The fourth-order valence-electron chi connectivity index (χ4n) is 4.28. The predicted molar refractivity (Wildman–Crippen MR) is 132 cm³/mol. The molecule has 5 heteroatoms. The highest BCUT2D eigenvalue weighted by atomic mass is 32.2. The topological polar surface area (TPSA) is 34.9 Å². The first-order chi connectivity index (χ1) is 15.1.